The van der Waals surface area contributed by atoms with Gasteiger partial charge in [-0.25, -0.2) is 12.8 Å². The number of aryl methyl sites for hydroxylation is 1. The maximum Gasteiger partial charge on any atom is 0.255 e. The summed E-state index contributed by atoms with van der Waals surface area (Å²) in [4.78, 5) is 12.7. The van der Waals surface area contributed by atoms with Crippen LogP contribution in [0.4, 0.5) is 10.1 Å². The molecule has 1 aliphatic heterocycles. The average molecular weight is 435 g/mol. The zero-order valence-corrected chi connectivity index (χ0v) is 18.4. The van der Waals surface area contributed by atoms with Crippen LogP contribution in [-0.2, 0) is 10.0 Å². The van der Waals surface area contributed by atoms with Crippen molar-refractivity contribution in [1.29, 1.82) is 0 Å². The number of hydrogen-bond donors (Lipinski definition) is 1. The molecule has 0 aromatic heterocycles. The largest absolute Gasteiger partial charge is 0.495 e. The summed E-state index contributed by atoms with van der Waals surface area (Å²) in [5, 5.41) is 2.71. The molecule has 0 bridgehead atoms. The van der Waals surface area contributed by atoms with Crippen molar-refractivity contribution in [2.75, 3.05) is 25.5 Å². The molecular weight excluding hydrogens is 407 g/mol. The van der Waals surface area contributed by atoms with Crippen LogP contribution in [0, 0.1) is 24.6 Å². The van der Waals surface area contributed by atoms with Gasteiger partial charge in [-0.15, -0.1) is 0 Å². The zero-order valence-electron chi connectivity index (χ0n) is 17.6. The second kappa shape index (κ2) is 8.73. The zero-order chi connectivity index (χ0) is 22.1. The summed E-state index contributed by atoms with van der Waals surface area (Å²) in [7, 11) is -2.43. The summed E-state index contributed by atoms with van der Waals surface area (Å²) in [5.74, 6) is -0.183. The van der Waals surface area contributed by atoms with Crippen molar-refractivity contribution in [1.82, 2.24) is 4.31 Å². The van der Waals surface area contributed by atoms with E-state index in [2.05, 4.69) is 5.32 Å². The highest BCUT2D eigenvalue weighted by molar-refractivity contribution is 7.89. The lowest BCUT2D eigenvalue weighted by molar-refractivity contribution is 0.102. The average Bonchev–Trinajstić information content (AvgIpc) is 2.68. The van der Waals surface area contributed by atoms with Crippen LogP contribution >= 0.6 is 0 Å². The molecule has 0 radical (unpaired) electrons. The minimum Gasteiger partial charge on any atom is -0.495 e. The van der Waals surface area contributed by atoms with Crippen LogP contribution in [0.5, 0.6) is 5.75 Å². The lowest BCUT2D eigenvalue weighted by Gasteiger charge is -2.34. The number of carbonyl (C=O) groups excluding carboxylic acids is 1. The van der Waals surface area contributed by atoms with E-state index in [4.69, 9.17) is 4.74 Å². The number of benzene rings is 2. The highest BCUT2D eigenvalue weighted by atomic mass is 32.2. The van der Waals surface area contributed by atoms with E-state index in [0.29, 0.717) is 24.3 Å². The van der Waals surface area contributed by atoms with Gasteiger partial charge >= 0.3 is 0 Å². The Hall–Kier alpha value is -2.45. The van der Waals surface area contributed by atoms with E-state index in [-0.39, 0.29) is 28.0 Å². The monoisotopic (exact) mass is 434 g/mol. The Kier molecular flexibility index (Phi) is 6.47. The predicted molar refractivity (Wildman–Crippen MR) is 114 cm³/mol. The number of anilines is 1. The number of methoxy groups -OCH3 is 1. The van der Waals surface area contributed by atoms with Gasteiger partial charge in [-0.1, -0.05) is 13.8 Å². The van der Waals surface area contributed by atoms with Crippen molar-refractivity contribution in [2.24, 2.45) is 11.8 Å². The van der Waals surface area contributed by atoms with Crippen LogP contribution in [0.25, 0.3) is 0 Å². The Morgan fingerprint density at radius 3 is 2.40 bits per heavy atom. The molecule has 8 heteroatoms. The molecule has 1 aliphatic rings. The Morgan fingerprint density at radius 1 is 1.13 bits per heavy atom. The standard InChI is InChI=1S/C22H27FN2O4S/c1-14-9-15(2)13-25(12-14)30(27,28)21-11-17(5-8-20(21)29-4)22(26)24-19-7-6-18(23)10-16(19)3/h5-8,10-11,14-15H,9,12-13H2,1-4H3,(H,24,26). The molecule has 162 valence electrons. The number of nitrogens with one attached hydrogen (secondary N) is 1. The van der Waals surface area contributed by atoms with Gasteiger partial charge in [-0.3, -0.25) is 4.79 Å². The molecular formula is C22H27FN2O4S. The van der Waals surface area contributed by atoms with Gasteiger partial charge in [0.05, 0.1) is 7.11 Å². The Balaban J connectivity index is 1.94. The topological polar surface area (TPSA) is 75.7 Å². The van der Waals surface area contributed by atoms with Gasteiger partial charge in [0.25, 0.3) is 5.91 Å². The molecule has 2 atom stereocenters. The highest BCUT2D eigenvalue weighted by Gasteiger charge is 2.34. The SMILES string of the molecule is COc1ccc(C(=O)Nc2ccc(F)cc2C)cc1S(=O)(=O)N1CC(C)CC(C)C1. The number of piperidine rings is 1. The maximum absolute atomic E-state index is 13.4. The van der Waals surface area contributed by atoms with E-state index < -0.39 is 21.7 Å². The molecule has 1 fully saturated rings. The molecule has 2 aromatic rings. The van der Waals surface area contributed by atoms with E-state index in [9.17, 15) is 17.6 Å². The number of nitrogens with zero attached hydrogens (tertiary/aromatic N) is 1. The molecule has 0 aliphatic carbocycles. The molecule has 1 amide bonds. The number of amides is 1. The number of carbonyl (C=O) groups is 1. The molecule has 1 heterocycles. The molecule has 2 unspecified atom stereocenters. The lowest BCUT2D eigenvalue weighted by Crippen LogP contribution is -2.42. The van der Waals surface area contributed by atoms with Gasteiger partial charge in [0.1, 0.15) is 16.5 Å². The Morgan fingerprint density at radius 2 is 1.80 bits per heavy atom. The summed E-state index contributed by atoms with van der Waals surface area (Å²) in [6.45, 7) is 6.61. The third kappa shape index (κ3) is 4.65. The molecule has 0 spiro atoms. The number of sulfonamides is 1. The van der Waals surface area contributed by atoms with E-state index >= 15 is 0 Å². The van der Waals surface area contributed by atoms with Crippen LogP contribution < -0.4 is 10.1 Å². The van der Waals surface area contributed by atoms with Crippen molar-refractivity contribution in [3.8, 4) is 5.75 Å². The molecule has 6 nitrogen and oxygen atoms in total. The fourth-order valence-electron chi connectivity index (χ4n) is 3.92. The fraction of sp³-hybridized carbons (Fsp3) is 0.409. The first-order chi connectivity index (χ1) is 14.1. The van der Waals surface area contributed by atoms with Gasteiger partial charge in [0.2, 0.25) is 10.0 Å². The maximum atomic E-state index is 13.4. The van der Waals surface area contributed by atoms with Crippen molar-refractivity contribution in [2.45, 2.75) is 32.1 Å². The number of ether oxygens (including phenoxy) is 1. The second-order valence-electron chi connectivity index (χ2n) is 8.05. The molecule has 0 saturated carbocycles. The first kappa shape index (κ1) is 22.2. The Bertz CT molecular complexity index is 1050. The first-order valence-electron chi connectivity index (χ1n) is 9.87. The quantitative estimate of drug-likeness (QED) is 0.770. The fourth-order valence-corrected chi connectivity index (χ4v) is 5.78. The normalized spacial score (nSPS) is 20.0. The summed E-state index contributed by atoms with van der Waals surface area (Å²) < 4.78 is 46.8. The molecule has 30 heavy (non-hydrogen) atoms. The van der Waals surface area contributed by atoms with Crippen LogP contribution in [0.2, 0.25) is 0 Å². The van der Waals surface area contributed by atoms with Crippen LogP contribution in [0.15, 0.2) is 41.3 Å². The highest BCUT2D eigenvalue weighted by Crippen LogP contribution is 2.32. The number of rotatable bonds is 5. The minimum atomic E-state index is -3.83. The smallest absolute Gasteiger partial charge is 0.255 e. The summed E-state index contributed by atoms with van der Waals surface area (Å²) in [6.07, 6.45) is 0.975. The van der Waals surface area contributed by atoms with E-state index in [1.807, 2.05) is 13.8 Å². The number of hydrogen-bond acceptors (Lipinski definition) is 4. The van der Waals surface area contributed by atoms with Gasteiger partial charge in [0.15, 0.2) is 0 Å². The lowest BCUT2D eigenvalue weighted by atomic mass is 9.94. The molecule has 1 saturated heterocycles. The van der Waals surface area contributed by atoms with Crippen molar-refractivity contribution < 1.29 is 22.3 Å². The van der Waals surface area contributed by atoms with E-state index in [0.717, 1.165) is 6.42 Å². The van der Waals surface area contributed by atoms with Gasteiger partial charge < -0.3 is 10.1 Å². The first-order valence-corrected chi connectivity index (χ1v) is 11.3. The van der Waals surface area contributed by atoms with Crippen LogP contribution in [0.1, 0.15) is 36.2 Å². The summed E-state index contributed by atoms with van der Waals surface area (Å²) >= 11 is 0. The Labute approximate surface area is 177 Å². The van der Waals surface area contributed by atoms with Gasteiger partial charge in [0, 0.05) is 24.3 Å². The van der Waals surface area contributed by atoms with Gasteiger partial charge in [-0.2, -0.15) is 4.31 Å². The molecule has 2 aromatic carbocycles. The van der Waals surface area contributed by atoms with Crippen LogP contribution in [0.3, 0.4) is 0 Å². The third-order valence-electron chi connectivity index (χ3n) is 5.32. The molecule has 1 N–H and O–H groups in total. The van der Waals surface area contributed by atoms with E-state index in [1.54, 1.807) is 6.92 Å². The van der Waals surface area contributed by atoms with Crippen molar-refractivity contribution >= 4 is 21.6 Å². The van der Waals surface area contributed by atoms with E-state index in [1.165, 1.54) is 47.8 Å². The summed E-state index contributed by atoms with van der Waals surface area (Å²) in [5.41, 5.74) is 1.21. The van der Waals surface area contributed by atoms with Gasteiger partial charge in [-0.05, 0) is 67.1 Å². The second-order valence-corrected chi connectivity index (χ2v) is 9.95. The van der Waals surface area contributed by atoms with Crippen LogP contribution in [-0.4, -0.2) is 38.8 Å². The van der Waals surface area contributed by atoms with Crippen molar-refractivity contribution in [3.63, 3.8) is 0 Å². The van der Waals surface area contributed by atoms with Crippen molar-refractivity contribution in [3.05, 3.63) is 53.3 Å². The molecule has 3 rings (SSSR count). The summed E-state index contributed by atoms with van der Waals surface area (Å²) in [6, 6.07) is 8.37. The minimum absolute atomic E-state index is 0.0326. The predicted octanol–water partition coefficient (Wildman–Crippen LogP) is 4.06. The number of halogens is 1. The third-order valence-corrected chi connectivity index (χ3v) is 7.17.